The minimum absolute atomic E-state index is 0.0113. The molecule has 3 aromatic carbocycles. The van der Waals surface area contributed by atoms with Crippen molar-refractivity contribution in [2.24, 2.45) is 5.10 Å². The molecule has 4 aromatic rings. The Bertz CT molecular complexity index is 1370. The van der Waals surface area contributed by atoms with Crippen molar-refractivity contribution in [1.82, 2.24) is 15.0 Å². The van der Waals surface area contributed by atoms with Crippen LogP contribution in [0.25, 0.3) is 16.6 Å². The van der Waals surface area contributed by atoms with Crippen molar-refractivity contribution in [3.63, 3.8) is 0 Å². The Balaban J connectivity index is 1.57. The summed E-state index contributed by atoms with van der Waals surface area (Å²) in [7, 11) is 0. The van der Waals surface area contributed by atoms with Gasteiger partial charge in [0, 0.05) is 0 Å². The molecule has 0 saturated carbocycles. The van der Waals surface area contributed by atoms with Crippen LogP contribution in [0.3, 0.4) is 0 Å². The van der Waals surface area contributed by atoms with Crippen LogP contribution in [0.4, 0.5) is 4.39 Å². The van der Waals surface area contributed by atoms with Gasteiger partial charge in [0.25, 0.3) is 11.5 Å². The number of hydrazone groups is 1. The first kappa shape index (κ1) is 21.5. The van der Waals surface area contributed by atoms with Gasteiger partial charge in [0.1, 0.15) is 5.82 Å². The SMILES string of the molecule is Cc1ccccc1-n1c(SCC(=O)N/N=C/c2ccc(F)cc2)nc2ccccc2c1=O. The van der Waals surface area contributed by atoms with Crippen LogP contribution in [0, 0.1) is 12.7 Å². The first-order valence-electron chi connectivity index (χ1n) is 9.81. The molecular formula is C24H19FN4O2S. The van der Waals surface area contributed by atoms with E-state index >= 15 is 0 Å². The highest BCUT2D eigenvalue weighted by Gasteiger charge is 2.15. The molecule has 0 aliphatic rings. The molecule has 0 saturated heterocycles. The quantitative estimate of drug-likeness (QED) is 0.210. The van der Waals surface area contributed by atoms with Crippen molar-refractivity contribution >= 4 is 34.8 Å². The average molecular weight is 447 g/mol. The highest BCUT2D eigenvalue weighted by molar-refractivity contribution is 7.99. The van der Waals surface area contributed by atoms with Gasteiger partial charge < -0.3 is 0 Å². The molecule has 0 aliphatic carbocycles. The van der Waals surface area contributed by atoms with E-state index in [2.05, 4.69) is 15.5 Å². The van der Waals surface area contributed by atoms with Crippen molar-refractivity contribution in [1.29, 1.82) is 0 Å². The van der Waals surface area contributed by atoms with E-state index in [-0.39, 0.29) is 23.0 Å². The number of fused-ring (bicyclic) bond motifs is 1. The second-order valence-electron chi connectivity index (χ2n) is 6.97. The van der Waals surface area contributed by atoms with Crippen molar-refractivity contribution in [3.8, 4) is 5.69 Å². The van der Waals surface area contributed by atoms with Crippen LogP contribution in [-0.2, 0) is 4.79 Å². The molecule has 0 unspecified atom stereocenters. The van der Waals surface area contributed by atoms with Gasteiger partial charge in [-0.25, -0.2) is 14.8 Å². The summed E-state index contributed by atoms with van der Waals surface area (Å²) >= 11 is 1.15. The number of nitrogens with one attached hydrogen (secondary N) is 1. The lowest BCUT2D eigenvalue weighted by Crippen LogP contribution is -2.24. The molecule has 1 N–H and O–H groups in total. The third-order valence-electron chi connectivity index (χ3n) is 4.71. The smallest absolute Gasteiger partial charge is 0.266 e. The summed E-state index contributed by atoms with van der Waals surface area (Å²) in [4.78, 5) is 30.2. The normalized spacial score (nSPS) is 11.2. The summed E-state index contributed by atoms with van der Waals surface area (Å²) in [5.74, 6) is -0.686. The predicted octanol–water partition coefficient (Wildman–Crippen LogP) is 4.08. The second kappa shape index (κ2) is 9.57. The van der Waals surface area contributed by atoms with E-state index in [4.69, 9.17) is 0 Å². The number of para-hydroxylation sites is 2. The molecule has 6 nitrogen and oxygen atoms in total. The van der Waals surface area contributed by atoms with Gasteiger partial charge in [0.15, 0.2) is 5.16 Å². The van der Waals surface area contributed by atoms with Crippen LogP contribution < -0.4 is 11.0 Å². The van der Waals surface area contributed by atoms with Gasteiger partial charge in [-0.15, -0.1) is 0 Å². The fourth-order valence-corrected chi connectivity index (χ4v) is 3.92. The van der Waals surface area contributed by atoms with Crippen LogP contribution in [0.2, 0.25) is 0 Å². The fraction of sp³-hybridized carbons (Fsp3) is 0.0833. The van der Waals surface area contributed by atoms with E-state index in [0.29, 0.717) is 27.3 Å². The largest absolute Gasteiger partial charge is 0.272 e. The Morgan fingerprint density at radius 1 is 1.09 bits per heavy atom. The Hall–Kier alpha value is -3.78. The highest BCUT2D eigenvalue weighted by Crippen LogP contribution is 2.22. The van der Waals surface area contributed by atoms with Crippen molar-refractivity contribution < 1.29 is 9.18 Å². The van der Waals surface area contributed by atoms with Crippen LogP contribution in [0.15, 0.2) is 87.8 Å². The molecule has 1 aromatic heterocycles. The molecule has 0 aliphatic heterocycles. The van der Waals surface area contributed by atoms with Gasteiger partial charge in [-0.2, -0.15) is 5.10 Å². The maximum absolute atomic E-state index is 13.3. The van der Waals surface area contributed by atoms with Crippen LogP contribution >= 0.6 is 11.8 Å². The average Bonchev–Trinajstić information content (AvgIpc) is 2.80. The molecule has 0 fully saturated rings. The number of aromatic nitrogens is 2. The lowest BCUT2D eigenvalue weighted by molar-refractivity contribution is -0.118. The van der Waals surface area contributed by atoms with Crippen molar-refractivity contribution in [3.05, 3.63) is 100 Å². The maximum Gasteiger partial charge on any atom is 0.266 e. The number of rotatable bonds is 6. The molecule has 1 amide bonds. The Morgan fingerprint density at radius 2 is 1.81 bits per heavy atom. The van der Waals surface area contributed by atoms with Crippen molar-refractivity contribution in [2.45, 2.75) is 12.1 Å². The molecule has 4 rings (SSSR count). The molecule has 1 heterocycles. The Kier molecular flexibility index (Phi) is 6.42. The van der Waals surface area contributed by atoms with E-state index < -0.39 is 0 Å². The first-order valence-corrected chi connectivity index (χ1v) is 10.8. The minimum atomic E-state index is -0.355. The van der Waals surface area contributed by atoms with E-state index in [1.807, 2.05) is 37.3 Å². The molecule has 0 radical (unpaired) electrons. The Labute approximate surface area is 187 Å². The minimum Gasteiger partial charge on any atom is -0.272 e. The lowest BCUT2D eigenvalue weighted by atomic mass is 10.2. The first-order chi connectivity index (χ1) is 15.5. The van der Waals surface area contributed by atoms with E-state index in [9.17, 15) is 14.0 Å². The molecule has 160 valence electrons. The number of hydrogen-bond donors (Lipinski definition) is 1. The highest BCUT2D eigenvalue weighted by atomic mass is 32.2. The molecule has 8 heteroatoms. The molecule has 32 heavy (non-hydrogen) atoms. The number of aryl methyl sites for hydroxylation is 1. The topological polar surface area (TPSA) is 76.3 Å². The third kappa shape index (κ3) is 4.76. The molecule has 0 bridgehead atoms. The number of carbonyl (C=O) groups is 1. The zero-order chi connectivity index (χ0) is 22.5. The summed E-state index contributed by atoms with van der Waals surface area (Å²) in [6.07, 6.45) is 1.43. The number of nitrogens with zero attached hydrogens (tertiary/aromatic N) is 3. The summed E-state index contributed by atoms with van der Waals surface area (Å²) in [6, 6.07) is 20.4. The zero-order valence-electron chi connectivity index (χ0n) is 17.2. The summed E-state index contributed by atoms with van der Waals surface area (Å²) in [6.45, 7) is 1.92. The number of amides is 1. The van der Waals surface area contributed by atoms with Gasteiger partial charge in [0.2, 0.25) is 0 Å². The third-order valence-corrected chi connectivity index (χ3v) is 5.65. The van der Waals surface area contributed by atoms with E-state index in [1.165, 1.54) is 22.9 Å². The molecule has 0 atom stereocenters. The van der Waals surface area contributed by atoms with E-state index in [0.717, 1.165) is 17.3 Å². The van der Waals surface area contributed by atoms with Gasteiger partial charge >= 0.3 is 0 Å². The van der Waals surface area contributed by atoms with Crippen LogP contribution in [0.5, 0.6) is 0 Å². The van der Waals surface area contributed by atoms with Crippen LogP contribution in [-0.4, -0.2) is 27.4 Å². The number of thioether (sulfide) groups is 1. The number of halogens is 1. The number of hydrogen-bond acceptors (Lipinski definition) is 5. The summed E-state index contributed by atoms with van der Waals surface area (Å²) in [5.41, 5.74) is 5.11. The fourth-order valence-electron chi connectivity index (χ4n) is 3.13. The maximum atomic E-state index is 13.3. The van der Waals surface area contributed by atoms with Crippen LogP contribution in [0.1, 0.15) is 11.1 Å². The van der Waals surface area contributed by atoms with E-state index in [1.54, 1.807) is 30.3 Å². The van der Waals surface area contributed by atoms with Gasteiger partial charge in [0.05, 0.1) is 28.6 Å². The standard InChI is InChI=1S/C24H19FN4O2S/c1-16-6-2-5-9-21(16)29-23(31)19-7-3-4-8-20(19)27-24(29)32-15-22(30)28-26-14-17-10-12-18(25)13-11-17/h2-14H,15H2,1H3,(H,28,30)/b26-14+. The number of carbonyl (C=O) groups excluding carboxylic acids is 1. The summed E-state index contributed by atoms with van der Waals surface area (Å²) < 4.78 is 14.5. The van der Waals surface area contributed by atoms with Gasteiger partial charge in [-0.05, 0) is 48.4 Å². The van der Waals surface area contributed by atoms with Gasteiger partial charge in [-0.3, -0.25) is 14.2 Å². The zero-order valence-corrected chi connectivity index (χ0v) is 18.0. The van der Waals surface area contributed by atoms with Gasteiger partial charge in [-0.1, -0.05) is 54.2 Å². The summed E-state index contributed by atoms with van der Waals surface area (Å²) in [5, 5.41) is 4.82. The Morgan fingerprint density at radius 3 is 2.59 bits per heavy atom. The van der Waals surface area contributed by atoms with Crippen molar-refractivity contribution in [2.75, 3.05) is 5.75 Å². The molecular weight excluding hydrogens is 427 g/mol. The molecule has 0 spiro atoms. The number of benzene rings is 3. The lowest BCUT2D eigenvalue weighted by Gasteiger charge is -2.14. The monoisotopic (exact) mass is 446 g/mol. The second-order valence-corrected chi connectivity index (χ2v) is 7.91. The predicted molar refractivity (Wildman–Crippen MR) is 125 cm³/mol.